The first-order valence-corrected chi connectivity index (χ1v) is 11.4. The van der Waals surface area contributed by atoms with E-state index in [0.717, 1.165) is 6.26 Å². The predicted molar refractivity (Wildman–Crippen MR) is 84.2 cm³/mol. The van der Waals surface area contributed by atoms with Crippen LogP contribution < -0.4 is 5.32 Å². The monoisotopic (exact) mass is 344 g/mol. The van der Waals surface area contributed by atoms with Crippen LogP contribution in [0.3, 0.4) is 0 Å². The molecule has 0 amide bonds. The van der Waals surface area contributed by atoms with Gasteiger partial charge in [-0.3, -0.25) is 0 Å². The van der Waals surface area contributed by atoms with E-state index in [-0.39, 0.29) is 12.3 Å². The Morgan fingerprint density at radius 3 is 2.50 bits per heavy atom. The maximum Gasteiger partial charge on any atom is 0.215 e. The molecule has 1 saturated heterocycles. The van der Waals surface area contributed by atoms with Gasteiger partial charge in [-0.25, -0.2) is 16.8 Å². The van der Waals surface area contributed by atoms with Crippen LogP contribution in [0.5, 0.6) is 0 Å². The Morgan fingerprint density at radius 2 is 1.95 bits per heavy atom. The number of sulfone groups is 1. The van der Waals surface area contributed by atoms with Gasteiger partial charge in [-0.2, -0.15) is 16.1 Å². The molecule has 1 aliphatic rings. The summed E-state index contributed by atoms with van der Waals surface area (Å²) in [6.07, 6.45) is 1.59. The van der Waals surface area contributed by atoms with E-state index in [4.69, 9.17) is 0 Å². The number of nitrogens with one attached hydrogen (secondary N) is 1. The number of sulfonamides is 1. The summed E-state index contributed by atoms with van der Waals surface area (Å²) in [4.78, 5) is 0. The molecule has 6 nitrogen and oxygen atoms in total. The third kappa shape index (κ3) is 5.51. The van der Waals surface area contributed by atoms with Crippen LogP contribution in [0.25, 0.3) is 0 Å². The quantitative estimate of drug-likeness (QED) is 0.661. The maximum absolute atomic E-state index is 12.3. The predicted octanol–water partition coefficient (Wildman–Crippen LogP) is 0.124. The molecule has 0 bridgehead atoms. The van der Waals surface area contributed by atoms with Gasteiger partial charge in [0.15, 0.2) is 9.84 Å². The van der Waals surface area contributed by atoms with Crippen molar-refractivity contribution in [1.29, 1.82) is 0 Å². The van der Waals surface area contributed by atoms with Gasteiger partial charge in [0, 0.05) is 30.3 Å². The van der Waals surface area contributed by atoms with Gasteiger partial charge in [-0.05, 0) is 13.0 Å². The van der Waals surface area contributed by atoms with Crippen LogP contribution in [0, 0.1) is 0 Å². The molecule has 1 unspecified atom stereocenters. The molecule has 20 heavy (non-hydrogen) atoms. The van der Waals surface area contributed by atoms with Gasteiger partial charge in [0.05, 0.1) is 5.75 Å². The van der Waals surface area contributed by atoms with Crippen LogP contribution in [0.15, 0.2) is 0 Å². The summed E-state index contributed by atoms with van der Waals surface area (Å²) in [6, 6.07) is 0.313. The maximum atomic E-state index is 12.3. The summed E-state index contributed by atoms with van der Waals surface area (Å²) in [6.45, 7) is 4.89. The molecule has 9 heteroatoms. The van der Waals surface area contributed by atoms with Gasteiger partial charge in [0.2, 0.25) is 10.0 Å². The van der Waals surface area contributed by atoms with Crippen molar-refractivity contribution in [3.63, 3.8) is 0 Å². The molecule has 1 rings (SSSR count). The molecule has 0 aromatic rings. The van der Waals surface area contributed by atoms with Crippen LogP contribution >= 0.6 is 11.8 Å². The molecule has 0 aromatic heterocycles. The van der Waals surface area contributed by atoms with Crippen molar-refractivity contribution in [3.05, 3.63) is 0 Å². The summed E-state index contributed by atoms with van der Waals surface area (Å²) in [7, 11) is -6.90. The van der Waals surface area contributed by atoms with E-state index in [2.05, 4.69) is 5.32 Å². The summed E-state index contributed by atoms with van der Waals surface area (Å²) in [5.74, 6) is 0.960. The molecule has 1 fully saturated rings. The Morgan fingerprint density at radius 1 is 1.30 bits per heavy atom. The van der Waals surface area contributed by atoms with Gasteiger partial charge in [0.25, 0.3) is 0 Å². The molecule has 1 heterocycles. The first kappa shape index (κ1) is 18.2. The largest absolute Gasteiger partial charge is 0.314 e. The van der Waals surface area contributed by atoms with Crippen LogP contribution in [0.4, 0.5) is 0 Å². The lowest BCUT2D eigenvalue weighted by atomic mass is 10.4. The third-order valence-electron chi connectivity index (χ3n) is 3.02. The normalized spacial score (nSPS) is 22.3. The number of rotatable bonds is 7. The minimum atomic E-state index is -3.51. The van der Waals surface area contributed by atoms with E-state index >= 15 is 0 Å². The van der Waals surface area contributed by atoms with Gasteiger partial charge < -0.3 is 5.32 Å². The zero-order chi connectivity index (χ0) is 15.4. The topological polar surface area (TPSA) is 83.6 Å². The van der Waals surface area contributed by atoms with E-state index in [1.165, 1.54) is 16.1 Å². The van der Waals surface area contributed by atoms with Crippen molar-refractivity contribution < 1.29 is 16.8 Å². The molecular formula is C11H24N2O4S3. The smallest absolute Gasteiger partial charge is 0.215 e. The Balaban J connectivity index is 2.68. The highest BCUT2D eigenvalue weighted by molar-refractivity contribution is 8.01. The lowest BCUT2D eigenvalue weighted by Crippen LogP contribution is -2.50. The minimum absolute atomic E-state index is 0.0105. The van der Waals surface area contributed by atoms with Gasteiger partial charge >= 0.3 is 0 Å². The second-order valence-corrected chi connectivity index (χ2v) is 10.6. The van der Waals surface area contributed by atoms with Crippen molar-refractivity contribution in [2.75, 3.05) is 36.6 Å². The third-order valence-corrected chi connectivity index (χ3v) is 7.75. The molecule has 1 atom stereocenters. The Hall–Kier alpha value is 0.170. The summed E-state index contributed by atoms with van der Waals surface area (Å²) >= 11 is 1.48. The average Bonchev–Trinajstić information content (AvgIpc) is 2.33. The number of hydrogen-bond donors (Lipinski definition) is 1. The molecular weight excluding hydrogens is 320 g/mol. The van der Waals surface area contributed by atoms with E-state index in [0.29, 0.717) is 30.5 Å². The van der Waals surface area contributed by atoms with Crippen molar-refractivity contribution >= 4 is 31.6 Å². The number of nitrogens with zero attached hydrogens (tertiary/aromatic N) is 1. The lowest BCUT2D eigenvalue weighted by Gasteiger charge is -2.33. The molecule has 0 aromatic carbocycles. The van der Waals surface area contributed by atoms with Gasteiger partial charge in [-0.15, -0.1) is 0 Å². The van der Waals surface area contributed by atoms with E-state index in [1.54, 1.807) is 0 Å². The van der Waals surface area contributed by atoms with Gasteiger partial charge in [-0.1, -0.05) is 13.8 Å². The average molecular weight is 345 g/mol. The Labute approximate surface area is 126 Å². The lowest BCUT2D eigenvalue weighted by molar-refractivity contribution is 0.403. The molecule has 0 aliphatic carbocycles. The first-order chi connectivity index (χ1) is 9.14. The molecule has 1 aliphatic heterocycles. The van der Waals surface area contributed by atoms with Crippen LogP contribution in [0.2, 0.25) is 0 Å². The second kappa shape index (κ2) is 7.44. The molecule has 0 saturated carbocycles. The summed E-state index contributed by atoms with van der Waals surface area (Å²) < 4.78 is 49.3. The zero-order valence-electron chi connectivity index (χ0n) is 12.2. The summed E-state index contributed by atoms with van der Waals surface area (Å²) in [5, 5.41) is 2.24. The minimum Gasteiger partial charge on any atom is -0.314 e. The molecule has 0 radical (unpaired) electrons. The fraction of sp³-hybridized carbons (Fsp3) is 1.00. The first-order valence-electron chi connectivity index (χ1n) is 6.64. The Bertz CT molecular complexity index is 502. The van der Waals surface area contributed by atoms with Crippen LogP contribution in [-0.2, 0) is 19.9 Å². The highest BCUT2D eigenvalue weighted by atomic mass is 32.2. The standard InChI is InChI=1S/C11H24N2O4S3/c1-10(2)12-5-4-8-20(16,17)13-6-7-18-9-11(13)19(3,14)15/h10-12H,4-9H2,1-3H3. The van der Waals surface area contributed by atoms with E-state index < -0.39 is 25.2 Å². The second-order valence-electron chi connectivity index (χ2n) is 5.25. The van der Waals surface area contributed by atoms with Crippen molar-refractivity contribution in [2.45, 2.75) is 31.7 Å². The van der Waals surface area contributed by atoms with Crippen LogP contribution in [0.1, 0.15) is 20.3 Å². The van der Waals surface area contributed by atoms with E-state index in [1.807, 2.05) is 13.8 Å². The number of thioether (sulfide) groups is 1. The molecule has 120 valence electrons. The highest BCUT2D eigenvalue weighted by Crippen LogP contribution is 2.23. The SMILES string of the molecule is CC(C)NCCCS(=O)(=O)N1CCSCC1S(C)(=O)=O. The Kier molecular flexibility index (Phi) is 6.78. The highest BCUT2D eigenvalue weighted by Gasteiger charge is 2.38. The fourth-order valence-electron chi connectivity index (χ4n) is 1.98. The van der Waals surface area contributed by atoms with Gasteiger partial charge in [0.1, 0.15) is 5.37 Å². The van der Waals surface area contributed by atoms with Crippen molar-refractivity contribution in [2.24, 2.45) is 0 Å². The molecule has 0 spiro atoms. The van der Waals surface area contributed by atoms with Crippen molar-refractivity contribution in [1.82, 2.24) is 9.62 Å². The zero-order valence-corrected chi connectivity index (χ0v) is 14.7. The van der Waals surface area contributed by atoms with E-state index in [9.17, 15) is 16.8 Å². The molecule has 1 N–H and O–H groups in total. The number of hydrogen-bond acceptors (Lipinski definition) is 6. The summed E-state index contributed by atoms with van der Waals surface area (Å²) in [5.41, 5.74) is 0. The van der Waals surface area contributed by atoms with Crippen molar-refractivity contribution in [3.8, 4) is 0 Å². The fourth-order valence-corrected chi connectivity index (χ4v) is 7.29. The van der Waals surface area contributed by atoms with Crippen LogP contribution in [-0.4, -0.2) is 69.2 Å².